The highest BCUT2D eigenvalue weighted by atomic mass is 16.6. The van der Waals surface area contributed by atoms with Crippen LogP contribution >= 0.6 is 0 Å². The van der Waals surface area contributed by atoms with Crippen molar-refractivity contribution < 1.29 is 47.7 Å². The minimum absolute atomic E-state index is 0.0759. The lowest BCUT2D eigenvalue weighted by Crippen LogP contribution is -2.42. The summed E-state index contributed by atoms with van der Waals surface area (Å²) in [5, 5.41) is 18.6. The number of nitrogens with one attached hydrogen (secondary N) is 1. The maximum absolute atomic E-state index is 10.0. The van der Waals surface area contributed by atoms with Crippen LogP contribution in [0.2, 0.25) is 0 Å². The molecule has 0 radical (unpaired) electrons. The first-order valence-corrected chi connectivity index (χ1v) is 21.7. The van der Waals surface area contributed by atoms with E-state index < -0.39 is 0 Å². The number of aliphatic imine (C=N–C) groups is 1. The van der Waals surface area contributed by atoms with Crippen molar-refractivity contribution in [1.82, 2.24) is 9.61 Å². The maximum Gasteiger partial charge on any atom is 0.135 e. The number of ether oxygens (including phenoxy) is 9. The van der Waals surface area contributed by atoms with Gasteiger partial charge in [-0.05, 0) is 72.2 Å². The zero-order valence-corrected chi connectivity index (χ0v) is 37.0. The summed E-state index contributed by atoms with van der Waals surface area (Å²) in [5.74, 6) is 1.28. The number of nitrogens with two attached hydrogens (primary N) is 2. The van der Waals surface area contributed by atoms with Gasteiger partial charge in [0.2, 0.25) is 0 Å². The molecule has 1 fully saturated rings. The summed E-state index contributed by atoms with van der Waals surface area (Å²) < 4.78 is 51.3. The van der Waals surface area contributed by atoms with Crippen molar-refractivity contribution in [2.75, 3.05) is 118 Å². The monoisotopic (exact) mass is 864 g/mol. The lowest BCUT2D eigenvalue weighted by Gasteiger charge is -2.32. The van der Waals surface area contributed by atoms with Crippen LogP contribution in [0.25, 0.3) is 16.6 Å². The molecule has 0 spiro atoms. The molecular weight excluding hydrogens is 797 g/mol. The SMILES string of the molecule is CCc1cc(O)ccc1/N=C(\N)c1cnn2cc(-c3ccc(OCCOCCOCCOCCOCCOCCOCCOCCOC)cc3)cc2c1NC1CCC(N)C1(C)C. The number of phenols is 1. The van der Waals surface area contributed by atoms with Crippen LogP contribution in [0.4, 0.5) is 11.4 Å². The van der Waals surface area contributed by atoms with E-state index in [2.05, 4.69) is 25.2 Å². The van der Waals surface area contributed by atoms with Gasteiger partial charge in [0.1, 0.15) is 23.9 Å². The maximum atomic E-state index is 10.0. The summed E-state index contributed by atoms with van der Waals surface area (Å²) >= 11 is 0. The number of aryl methyl sites for hydroxylation is 1. The summed E-state index contributed by atoms with van der Waals surface area (Å²) in [6.45, 7) is 14.5. The Balaban J connectivity index is 0.995. The molecule has 0 amide bonds. The molecule has 1 aliphatic carbocycles. The second-order valence-corrected chi connectivity index (χ2v) is 15.5. The number of aromatic hydroxyl groups is 1. The van der Waals surface area contributed by atoms with Crippen molar-refractivity contribution in [3.05, 3.63) is 72.1 Å². The Kier molecular flexibility index (Phi) is 20.7. The molecule has 5 rings (SSSR count). The molecule has 1 aliphatic rings. The first kappa shape index (κ1) is 48.7. The van der Waals surface area contributed by atoms with E-state index in [1.807, 2.05) is 41.9 Å². The topological polar surface area (TPSA) is 197 Å². The minimum atomic E-state index is -0.137. The van der Waals surface area contributed by atoms with Crippen LogP contribution in [0.15, 0.2) is 65.9 Å². The third-order valence-electron chi connectivity index (χ3n) is 10.9. The quantitative estimate of drug-likeness (QED) is 0.0286. The van der Waals surface area contributed by atoms with Crippen molar-refractivity contribution in [3.63, 3.8) is 0 Å². The predicted octanol–water partition coefficient (Wildman–Crippen LogP) is 5.38. The van der Waals surface area contributed by atoms with Gasteiger partial charge in [0.25, 0.3) is 0 Å². The Labute approximate surface area is 366 Å². The van der Waals surface area contributed by atoms with Crippen molar-refractivity contribution in [2.45, 2.75) is 52.1 Å². The van der Waals surface area contributed by atoms with Gasteiger partial charge in [-0.3, -0.25) is 0 Å². The van der Waals surface area contributed by atoms with Gasteiger partial charge in [0, 0.05) is 31.0 Å². The van der Waals surface area contributed by atoms with Crippen LogP contribution in [0, 0.1) is 5.41 Å². The normalized spacial score (nSPS) is 16.4. The van der Waals surface area contributed by atoms with Gasteiger partial charge in [-0.25, -0.2) is 9.51 Å². The third-order valence-corrected chi connectivity index (χ3v) is 10.9. The molecule has 342 valence electrons. The first-order chi connectivity index (χ1) is 30.2. The molecule has 16 heteroatoms. The Morgan fingerprint density at radius 3 is 1.82 bits per heavy atom. The molecule has 1 saturated carbocycles. The van der Waals surface area contributed by atoms with Gasteiger partial charge < -0.3 is 64.5 Å². The number of hydrogen-bond acceptors (Lipinski definition) is 14. The number of rotatable bonds is 31. The van der Waals surface area contributed by atoms with Crippen molar-refractivity contribution >= 4 is 22.7 Å². The van der Waals surface area contributed by atoms with Gasteiger partial charge in [0.05, 0.1) is 128 Å². The molecule has 0 bridgehead atoms. The van der Waals surface area contributed by atoms with Gasteiger partial charge >= 0.3 is 0 Å². The summed E-state index contributed by atoms with van der Waals surface area (Å²) in [6.07, 6.45) is 6.33. The molecule has 0 saturated heterocycles. The average Bonchev–Trinajstić information content (AvgIpc) is 3.82. The fourth-order valence-corrected chi connectivity index (χ4v) is 7.02. The fourth-order valence-electron chi connectivity index (χ4n) is 7.02. The first-order valence-electron chi connectivity index (χ1n) is 21.7. The standard InChI is InChI=1S/C46H68N6O10/c1-5-34-30-37(53)8-11-40(34)50-45(48)39-32-49-52-33-36(31-41(52)44(39)51-43-13-12-42(47)46(43,2)3)35-6-9-38(10-7-35)62-29-28-61-27-26-60-25-24-59-23-22-58-21-20-57-19-18-56-17-16-55-15-14-54-4/h6-11,30-33,42-43,51,53H,5,12-29,47H2,1-4H3,(H2,48,50). The van der Waals surface area contributed by atoms with E-state index in [1.165, 1.54) is 0 Å². The van der Waals surface area contributed by atoms with Crippen LogP contribution in [-0.2, 0) is 44.3 Å². The summed E-state index contributed by atoms with van der Waals surface area (Å²) in [6, 6.07) is 15.4. The zero-order valence-electron chi connectivity index (χ0n) is 37.0. The highest BCUT2D eigenvalue weighted by Crippen LogP contribution is 2.40. The second-order valence-electron chi connectivity index (χ2n) is 15.5. The molecule has 16 nitrogen and oxygen atoms in total. The van der Waals surface area contributed by atoms with Crippen LogP contribution in [0.3, 0.4) is 0 Å². The molecule has 2 aromatic carbocycles. The molecule has 2 atom stereocenters. The molecular formula is C46H68N6O10. The number of amidine groups is 1. The zero-order chi connectivity index (χ0) is 44.0. The molecule has 2 unspecified atom stereocenters. The number of phenolic OH excluding ortho intramolecular Hbond substituents is 1. The van der Waals surface area contributed by atoms with Crippen LogP contribution < -0.4 is 21.5 Å². The number of anilines is 1. The van der Waals surface area contributed by atoms with Gasteiger partial charge in [0.15, 0.2) is 0 Å². The minimum Gasteiger partial charge on any atom is -0.508 e. The number of fused-ring (bicyclic) bond motifs is 1. The number of nitrogens with zero attached hydrogens (tertiary/aromatic N) is 3. The van der Waals surface area contributed by atoms with Crippen LogP contribution in [0.1, 0.15) is 44.7 Å². The van der Waals surface area contributed by atoms with E-state index in [0.29, 0.717) is 129 Å². The van der Waals surface area contributed by atoms with E-state index in [9.17, 15) is 5.11 Å². The smallest absolute Gasteiger partial charge is 0.135 e. The van der Waals surface area contributed by atoms with Crippen molar-refractivity contribution in [1.29, 1.82) is 0 Å². The Morgan fingerprint density at radius 2 is 1.31 bits per heavy atom. The number of hydrogen-bond donors (Lipinski definition) is 4. The number of methoxy groups -OCH3 is 1. The van der Waals surface area contributed by atoms with E-state index in [1.54, 1.807) is 31.5 Å². The highest BCUT2D eigenvalue weighted by Gasteiger charge is 2.41. The predicted molar refractivity (Wildman–Crippen MR) is 240 cm³/mol. The van der Waals surface area contributed by atoms with Crippen molar-refractivity contribution in [3.8, 4) is 22.6 Å². The summed E-state index contributed by atoms with van der Waals surface area (Å²) in [7, 11) is 1.65. The number of benzene rings is 2. The van der Waals surface area contributed by atoms with Gasteiger partial charge in [-0.2, -0.15) is 5.10 Å². The molecule has 2 heterocycles. The van der Waals surface area contributed by atoms with Gasteiger partial charge in [-0.1, -0.05) is 32.9 Å². The van der Waals surface area contributed by atoms with Crippen LogP contribution in [-0.4, -0.2) is 145 Å². The van der Waals surface area contributed by atoms with Crippen molar-refractivity contribution in [2.24, 2.45) is 21.9 Å². The molecule has 4 aromatic rings. The second kappa shape index (κ2) is 26.3. The third kappa shape index (κ3) is 15.2. The molecule has 2 aromatic heterocycles. The fraction of sp³-hybridized carbons (Fsp3) is 0.565. The molecule has 62 heavy (non-hydrogen) atoms. The molecule has 6 N–H and O–H groups in total. The Bertz CT molecular complexity index is 1920. The average molecular weight is 865 g/mol. The lowest BCUT2D eigenvalue weighted by molar-refractivity contribution is -0.0227. The van der Waals surface area contributed by atoms with E-state index in [-0.39, 0.29) is 23.2 Å². The van der Waals surface area contributed by atoms with E-state index >= 15 is 0 Å². The Morgan fingerprint density at radius 1 is 0.758 bits per heavy atom. The molecule has 0 aliphatic heterocycles. The lowest BCUT2D eigenvalue weighted by atomic mass is 9.84. The Hall–Kier alpha value is -4.36. The highest BCUT2D eigenvalue weighted by molar-refractivity contribution is 6.06. The number of aromatic nitrogens is 2. The van der Waals surface area contributed by atoms with Gasteiger partial charge in [-0.15, -0.1) is 0 Å². The van der Waals surface area contributed by atoms with Crippen LogP contribution in [0.5, 0.6) is 11.5 Å². The summed E-state index contributed by atoms with van der Waals surface area (Å²) in [4.78, 5) is 4.82. The largest absolute Gasteiger partial charge is 0.508 e. The van der Waals surface area contributed by atoms with E-state index in [0.717, 1.165) is 46.5 Å². The van der Waals surface area contributed by atoms with E-state index in [4.69, 9.17) is 64.2 Å². The summed E-state index contributed by atoms with van der Waals surface area (Å²) in [5.41, 5.74) is 19.2.